The molecule has 2 amide bonds. The van der Waals surface area contributed by atoms with Crippen molar-refractivity contribution in [3.05, 3.63) is 65.7 Å². The van der Waals surface area contributed by atoms with Gasteiger partial charge in [0.2, 0.25) is 5.91 Å². The molecule has 0 N–H and O–H groups in total. The van der Waals surface area contributed by atoms with Gasteiger partial charge >= 0.3 is 0 Å². The molecule has 0 aromatic heterocycles. The topological polar surface area (TPSA) is 46.6 Å². The van der Waals surface area contributed by atoms with Crippen LogP contribution < -0.4 is 4.74 Å². The average Bonchev–Trinajstić information content (AvgIpc) is 2.58. The molecular weight excluding hydrogens is 302 g/mol. The van der Waals surface area contributed by atoms with Gasteiger partial charge in [-0.1, -0.05) is 63.2 Å². The molecule has 0 atom stereocenters. The fourth-order valence-corrected chi connectivity index (χ4v) is 2.37. The van der Waals surface area contributed by atoms with Crippen molar-refractivity contribution in [2.75, 3.05) is 7.11 Å². The molecule has 0 aliphatic heterocycles. The number of rotatable bonds is 4. The largest absolute Gasteiger partial charge is 0.496 e. The summed E-state index contributed by atoms with van der Waals surface area (Å²) in [6.45, 7) is 5.66. The highest BCUT2D eigenvalue weighted by molar-refractivity contribution is 6.07. The van der Waals surface area contributed by atoms with E-state index in [-0.39, 0.29) is 18.4 Å². The van der Waals surface area contributed by atoms with Crippen LogP contribution in [0.25, 0.3) is 0 Å². The Bertz CT molecular complexity index is 717. The number of benzene rings is 2. The Morgan fingerprint density at radius 2 is 1.54 bits per heavy atom. The molecule has 4 heteroatoms. The number of amides is 2. The fourth-order valence-electron chi connectivity index (χ4n) is 2.37. The molecule has 0 spiro atoms. The first kappa shape index (κ1) is 17.7. The molecule has 0 radical (unpaired) electrons. The molecule has 2 aromatic rings. The zero-order chi connectivity index (χ0) is 17.7. The monoisotopic (exact) mass is 325 g/mol. The SMILES string of the molecule is COc1ccccc1C(=O)N(Cc1ccccc1)C(=O)C(C)(C)C. The summed E-state index contributed by atoms with van der Waals surface area (Å²) in [5.74, 6) is -0.110. The Hall–Kier alpha value is -2.62. The number of ether oxygens (including phenoxy) is 1. The first-order valence-electron chi connectivity index (χ1n) is 7.88. The van der Waals surface area contributed by atoms with Crippen LogP contribution in [0.3, 0.4) is 0 Å². The van der Waals surface area contributed by atoms with Gasteiger partial charge in [-0.25, -0.2) is 0 Å². The third kappa shape index (κ3) is 4.02. The van der Waals surface area contributed by atoms with Gasteiger partial charge < -0.3 is 4.74 Å². The zero-order valence-corrected chi connectivity index (χ0v) is 14.6. The van der Waals surface area contributed by atoms with Gasteiger partial charge in [0.05, 0.1) is 19.2 Å². The van der Waals surface area contributed by atoms with Crippen LogP contribution in [0.15, 0.2) is 54.6 Å². The number of hydrogen-bond donors (Lipinski definition) is 0. The lowest BCUT2D eigenvalue weighted by atomic mass is 9.94. The maximum Gasteiger partial charge on any atom is 0.264 e. The highest BCUT2D eigenvalue weighted by Gasteiger charge is 2.33. The van der Waals surface area contributed by atoms with Gasteiger partial charge in [0, 0.05) is 5.41 Å². The second kappa shape index (κ2) is 7.30. The third-order valence-electron chi connectivity index (χ3n) is 3.65. The van der Waals surface area contributed by atoms with Gasteiger partial charge in [0.15, 0.2) is 0 Å². The summed E-state index contributed by atoms with van der Waals surface area (Å²) in [5, 5.41) is 0. The van der Waals surface area contributed by atoms with Gasteiger partial charge in [-0.2, -0.15) is 0 Å². The van der Waals surface area contributed by atoms with Crippen molar-refractivity contribution in [3.63, 3.8) is 0 Å². The molecule has 4 nitrogen and oxygen atoms in total. The van der Waals surface area contributed by atoms with E-state index >= 15 is 0 Å². The summed E-state index contributed by atoms with van der Waals surface area (Å²) in [6, 6.07) is 16.4. The van der Waals surface area contributed by atoms with Crippen molar-refractivity contribution in [1.82, 2.24) is 4.90 Å². The Labute approximate surface area is 143 Å². The van der Waals surface area contributed by atoms with Crippen LogP contribution in [0, 0.1) is 5.41 Å². The Balaban J connectivity index is 2.41. The molecule has 0 unspecified atom stereocenters. The van der Waals surface area contributed by atoms with E-state index < -0.39 is 5.41 Å². The summed E-state index contributed by atoms with van der Waals surface area (Å²) in [6.07, 6.45) is 0. The van der Waals surface area contributed by atoms with E-state index in [0.717, 1.165) is 5.56 Å². The predicted octanol–water partition coefficient (Wildman–Crippen LogP) is 3.91. The number of imide groups is 1. The molecule has 0 saturated heterocycles. The van der Waals surface area contributed by atoms with E-state index in [0.29, 0.717) is 11.3 Å². The van der Waals surface area contributed by atoms with E-state index in [1.807, 2.05) is 51.1 Å². The van der Waals surface area contributed by atoms with E-state index in [2.05, 4.69) is 0 Å². The van der Waals surface area contributed by atoms with Crippen molar-refractivity contribution < 1.29 is 14.3 Å². The molecule has 2 rings (SSSR count). The zero-order valence-electron chi connectivity index (χ0n) is 14.6. The number of carbonyl (C=O) groups excluding carboxylic acids is 2. The van der Waals surface area contributed by atoms with Gasteiger partial charge in [0.25, 0.3) is 5.91 Å². The summed E-state index contributed by atoms with van der Waals surface area (Å²) < 4.78 is 5.27. The van der Waals surface area contributed by atoms with E-state index in [1.54, 1.807) is 24.3 Å². The number of nitrogens with zero attached hydrogens (tertiary/aromatic N) is 1. The number of carbonyl (C=O) groups is 2. The van der Waals surface area contributed by atoms with Crippen LogP contribution in [0.2, 0.25) is 0 Å². The summed E-state index contributed by atoms with van der Waals surface area (Å²) in [5.41, 5.74) is 0.624. The van der Waals surface area contributed by atoms with E-state index in [1.165, 1.54) is 12.0 Å². The molecule has 0 fully saturated rings. The Morgan fingerprint density at radius 3 is 2.12 bits per heavy atom. The average molecular weight is 325 g/mol. The van der Waals surface area contributed by atoms with E-state index in [4.69, 9.17) is 4.74 Å². The van der Waals surface area contributed by atoms with Crippen LogP contribution in [-0.4, -0.2) is 23.8 Å². The van der Waals surface area contributed by atoms with Crippen molar-refractivity contribution in [2.45, 2.75) is 27.3 Å². The molecule has 126 valence electrons. The predicted molar refractivity (Wildman–Crippen MR) is 93.8 cm³/mol. The van der Waals surface area contributed by atoms with Gasteiger partial charge in [-0.3, -0.25) is 14.5 Å². The second-order valence-electron chi connectivity index (χ2n) is 6.63. The molecular formula is C20H23NO3. The summed E-state index contributed by atoms with van der Waals surface area (Å²) in [7, 11) is 1.51. The molecule has 2 aromatic carbocycles. The lowest BCUT2D eigenvalue weighted by Gasteiger charge is -2.28. The molecule has 0 saturated carbocycles. The van der Waals surface area contributed by atoms with Crippen molar-refractivity contribution in [1.29, 1.82) is 0 Å². The standard InChI is InChI=1S/C20H23NO3/c1-20(2,3)19(23)21(14-15-10-6-5-7-11-15)18(22)16-12-8-9-13-17(16)24-4/h5-13H,14H2,1-4H3. The van der Waals surface area contributed by atoms with Gasteiger partial charge in [-0.15, -0.1) is 0 Å². The summed E-state index contributed by atoms with van der Waals surface area (Å²) >= 11 is 0. The number of hydrogen-bond acceptors (Lipinski definition) is 3. The van der Waals surface area contributed by atoms with Gasteiger partial charge in [0.1, 0.15) is 5.75 Å². The minimum absolute atomic E-state index is 0.220. The molecule has 0 aliphatic rings. The molecule has 24 heavy (non-hydrogen) atoms. The van der Waals surface area contributed by atoms with Crippen molar-refractivity contribution in [2.24, 2.45) is 5.41 Å². The molecule has 0 aliphatic carbocycles. The summed E-state index contributed by atoms with van der Waals surface area (Å²) in [4.78, 5) is 27.2. The Kier molecular flexibility index (Phi) is 5.39. The van der Waals surface area contributed by atoms with Crippen LogP contribution in [0.5, 0.6) is 5.75 Å². The van der Waals surface area contributed by atoms with Crippen LogP contribution >= 0.6 is 0 Å². The molecule has 0 bridgehead atoms. The highest BCUT2D eigenvalue weighted by atomic mass is 16.5. The second-order valence-corrected chi connectivity index (χ2v) is 6.63. The highest BCUT2D eigenvalue weighted by Crippen LogP contribution is 2.25. The smallest absolute Gasteiger partial charge is 0.264 e. The van der Waals surface area contributed by atoms with Crippen molar-refractivity contribution >= 4 is 11.8 Å². The van der Waals surface area contributed by atoms with Crippen LogP contribution in [0.1, 0.15) is 36.7 Å². The lowest BCUT2D eigenvalue weighted by molar-refractivity contribution is -0.137. The quantitative estimate of drug-likeness (QED) is 0.856. The maximum atomic E-state index is 13.0. The fraction of sp³-hybridized carbons (Fsp3) is 0.300. The number of para-hydroxylation sites is 1. The van der Waals surface area contributed by atoms with Gasteiger partial charge in [-0.05, 0) is 17.7 Å². The minimum atomic E-state index is -0.660. The van der Waals surface area contributed by atoms with Crippen molar-refractivity contribution in [3.8, 4) is 5.75 Å². The molecule has 0 heterocycles. The first-order chi connectivity index (χ1) is 11.3. The minimum Gasteiger partial charge on any atom is -0.496 e. The third-order valence-corrected chi connectivity index (χ3v) is 3.65. The Morgan fingerprint density at radius 1 is 0.958 bits per heavy atom. The number of methoxy groups -OCH3 is 1. The van der Waals surface area contributed by atoms with E-state index in [9.17, 15) is 9.59 Å². The first-order valence-corrected chi connectivity index (χ1v) is 7.88. The van der Waals surface area contributed by atoms with Crippen LogP contribution in [-0.2, 0) is 11.3 Å². The maximum absolute atomic E-state index is 13.0. The normalized spacial score (nSPS) is 11.0. The lowest BCUT2D eigenvalue weighted by Crippen LogP contribution is -2.43. The van der Waals surface area contributed by atoms with Crippen LogP contribution in [0.4, 0.5) is 0 Å².